The lowest BCUT2D eigenvalue weighted by Crippen LogP contribution is -2.25. The zero-order valence-electron chi connectivity index (χ0n) is 16.1. The highest BCUT2D eigenvalue weighted by Crippen LogP contribution is 2.37. The minimum Gasteiger partial charge on any atom is -0.474 e. The second kappa shape index (κ2) is 7.92. The Hall–Kier alpha value is -2.40. The maximum Gasteiger partial charge on any atom is 0.217 e. The van der Waals surface area contributed by atoms with Crippen LogP contribution in [0.15, 0.2) is 42.6 Å². The molecule has 2 aliphatic rings. The predicted octanol–water partition coefficient (Wildman–Crippen LogP) is 4.96. The van der Waals surface area contributed by atoms with Crippen molar-refractivity contribution in [2.24, 2.45) is 0 Å². The number of pyridine rings is 1. The lowest BCUT2D eigenvalue weighted by Gasteiger charge is -2.29. The first-order valence-electron chi connectivity index (χ1n) is 10.5. The average Bonchev–Trinajstić information content (AvgIpc) is 3.20. The van der Waals surface area contributed by atoms with Gasteiger partial charge in [-0.25, -0.2) is 9.97 Å². The fourth-order valence-electron chi connectivity index (χ4n) is 4.60. The van der Waals surface area contributed by atoms with Gasteiger partial charge in [-0.3, -0.25) is 0 Å². The van der Waals surface area contributed by atoms with Crippen LogP contribution >= 0.6 is 0 Å². The molecule has 0 atom stereocenters. The van der Waals surface area contributed by atoms with E-state index in [0.29, 0.717) is 11.8 Å². The lowest BCUT2D eigenvalue weighted by molar-refractivity contribution is 0.0828. The van der Waals surface area contributed by atoms with E-state index in [-0.39, 0.29) is 6.10 Å². The van der Waals surface area contributed by atoms with Crippen LogP contribution in [0.1, 0.15) is 61.7 Å². The Morgan fingerprint density at radius 2 is 1.71 bits per heavy atom. The van der Waals surface area contributed by atoms with E-state index in [9.17, 15) is 0 Å². The maximum absolute atomic E-state index is 6.40. The number of imidazole rings is 1. The monoisotopic (exact) mass is 377 g/mol. The van der Waals surface area contributed by atoms with E-state index < -0.39 is 0 Å². The molecular weight excluding hydrogens is 350 g/mol. The van der Waals surface area contributed by atoms with Gasteiger partial charge in [0, 0.05) is 30.9 Å². The standard InChI is InChI=1S/C23H27N3O2/c1-2-6-21-20(5-1)25-22(26-21)17-7-9-18(10-8-17)28-23-19(4-3-13-24-23)16-11-14-27-15-12-16/h1-6,13,16-18H,7-12,14-15H2,(H,25,26)/t17-,18-. The van der Waals surface area contributed by atoms with Gasteiger partial charge in [-0.1, -0.05) is 18.2 Å². The Balaban J connectivity index is 1.24. The molecule has 1 saturated carbocycles. The molecule has 1 N–H and O–H groups in total. The van der Waals surface area contributed by atoms with Gasteiger partial charge < -0.3 is 14.5 Å². The Kier molecular flexibility index (Phi) is 5.00. The van der Waals surface area contributed by atoms with Gasteiger partial charge in [0.25, 0.3) is 0 Å². The highest BCUT2D eigenvalue weighted by Gasteiger charge is 2.27. The van der Waals surface area contributed by atoms with Crippen molar-refractivity contribution in [2.75, 3.05) is 13.2 Å². The number of fused-ring (bicyclic) bond motifs is 1. The molecule has 0 amide bonds. The lowest BCUT2D eigenvalue weighted by atomic mass is 9.86. The van der Waals surface area contributed by atoms with Crippen LogP contribution < -0.4 is 4.74 Å². The van der Waals surface area contributed by atoms with Crippen molar-refractivity contribution in [3.05, 3.63) is 54.0 Å². The molecule has 0 unspecified atom stereocenters. The first kappa shape index (κ1) is 17.7. The van der Waals surface area contributed by atoms with Crippen LogP contribution in [0, 0.1) is 0 Å². The average molecular weight is 377 g/mol. The molecular formula is C23H27N3O2. The van der Waals surface area contributed by atoms with E-state index in [1.165, 1.54) is 5.56 Å². The number of rotatable bonds is 4. The molecule has 5 heteroatoms. The summed E-state index contributed by atoms with van der Waals surface area (Å²) in [5.41, 5.74) is 3.45. The largest absolute Gasteiger partial charge is 0.474 e. The van der Waals surface area contributed by atoms with E-state index in [1.807, 2.05) is 18.3 Å². The Morgan fingerprint density at radius 1 is 0.893 bits per heavy atom. The van der Waals surface area contributed by atoms with Crippen molar-refractivity contribution in [2.45, 2.75) is 56.5 Å². The van der Waals surface area contributed by atoms with E-state index >= 15 is 0 Å². The summed E-state index contributed by atoms with van der Waals surface area (Å²) in [5.74, 6) is 2.96. The summed E-state index contributed by atoms with van der Waals surface area (Å²) in [6.45, 7) is 1.67. The summed E-state index contributed by atoms with van der Waals surface area (Å²) in [4.78, 5) is 12.9. The van der Waals surface area contributed by atoms with Crippen molar-refractivity contribution >= 4 is 11.0 Å². The van der Waals surface area contributed by atoms with Gasteiger partial charge in [-0.2, -0.15) is 0 Å². The van der Waals surface area contributed by atoms with Gasteiger partial charge in [-0.15, -0.1) is 0 Å². The first-order chi connectivity index (χ1) is 13.9. The summed E-state index contributed by atoms with van der Waals surface area (Å²) in [6, 6.07) is 12.5. The number of benzene rings is 1. The molecule has 3 heterocycles. The minimum atomic E-state index is 0.245. The molecule has 146 valence electrons. The third-order valence-corrected chi connectivity index (χ3v) is 6.21. The molecule has 0 radical (unpaired) electrons. The number of aromatic nitrogens is 3. The molecule has 1 aromatic carbocycles. The van der Waals surface area contributed by atoms with Crippen LogP contribution in [-0.2, 0) is 4.74 Å². The van der Waals surface area contributed by atoms with Gasteiger partial charge in [0.05, 0.1) is 11.0 Å². The normalized spacial score (nSPS) is 23.7. The SMILES string of the molecule is c1cnc(O[C@H]2CC[C@H](c3nc4ccccc4[nH]3)CC2)c(C2CCOCC2)c1. The highest BCUT2D eigenvalue weighted by atomic mass is 16.5. The van der Waals surface area contributed by atoms with Crippen LogP contribution in [0.3, 0.4) is 0 Å². The van der Waals surface area contributed by atoms with Crippen molar-refractivity contribution in [1.29, 1.82) is 0 Å². The quantitative estimate of drug-likeness (QED) is 0.698. The topological polar surface area (TPSA) is 60.0 Å². The third-order valence-electron chi connectivity index (χ3n) is 6.21. The summed E-state index contributed by atoms with van der Waals surface area (Å²) in [7, 11) is 0. The van der Waals surface area contributed by atoms with E-state index in [0.717, 1.165) is 74.5 Å². The van der Waals surface area contributed by atoms with Gasteiger partial charge in [-0.05, 0) is 62.6 Å². The number of aromatic amines is 1. The molecule has 0 bridgehead atoms. The van der Waals surface area contributed by atoms with Crippen LogP contribution in [0.4, 0.5) is 0 Å². The smallest absolute Gasteiger partial charge is 0.217 e. The number of nitrogens with zero attached hydrogens (tertiary/aromatic N) is 2. The molecule has 0 spiro atoms. The molecule has 1 aliphatic carbocycles. The van der Waals surface area contributed by atoms with Gasteiger partial charge in [0.1, 0.15) is 11.9 Å². The number of para-hydroxylation sites is 2. The molecule has 3 aromatic rings. The van der Waals surface area contributed by atoms with E-state index in [1.54, 1.807) is 0 Å². The zero-order valence-corrected chi connectivity index (χ0v) is 16.1. The molecule has 28 heavy (non-hydrogen) atoms. The number of nitrogens with one attached hydrogen (secondary N) is 1. The first-order valence-corrected chi connectivity index (χ1v) is 10.5. The van der Waals surface area contributed by atoms with Crippen molar-refractivity contribution < 1.29 is 9.47 Å². The maximum atomic E-state index is 6.40. The van der Waals surface area contributed by atoms with Crippen molar-refractivity contribution in [1.82, 2.24) is 15.0 Å². The zero-order chi connectivity index (χ0) is 18.8. The minimum absolute atomic E-state index is 0.245. The third kappa shape index (κ3) is 3.63. The van der Waals surface area contributed by atoms with E-state index in [4.69, 9.17) is 14.5 Å². The predicted molar refractivity (Wildman–Crippen MR) is 109 cm³/mol. The molecule has 5 rings (SSSR count). The number of ether oxygens (including phenoxy) is 2. The summed E-state index contributed by atoms with van der Waals surface area (Å²) in [6.07, 6.45) is 8.50. The molecule has 5 nitrogen and oxygen atoms in total. The fraction of sp³-hybridized carbons (Fsp3) is 0.478. The highest BCUT2D eigenvalue weighted by molar-refractivity contribution is 5.74. The van der Waals surface area contributed by atoms with Gasteiger partial charge in [0.2, 0.25) is 5.88 Å². The number of H-pyrrole nitrogens is 1. The number of hydrogen-bond donors (Lipinski definition) is 1. The second-order valence-electron chi connectivity index (χ2n) is 8.02. The second-order valence-corrected chi connectivity index (χ2v) is 8.02. The fourth-order valence-corrected chi connectivity index (χ4v) is 4.60. The van der Waals surface area contributed by atoms with Gasteiger partial charge in [0.15, 0.2) is 0 Å². The van der Waals surface area contributed by atoms with E-state index in [2.05, 4.69) is 34.2 Å². The Bertz CT molecular complexity index is 891. The summed E-state index contributed by atoms with van der Waals surface area (Å²) >= 11 is 0. The van der Waals surface area contributed by atoms with Crippen molar-refractivity contribution in [3.63, 3.8) is 0 Å². The molecule has 2 fully saturated rings. The molecule has 2 aromatic heterocycles. The van der Waals surface area contributed by atoms with Gasteiger partial charge >= 0.3 is 0 Å². The molecule has 1 aliphatic heterocycles. The van der Waals surface area contributed by atoms with Crippen molar-refractivity contribution in [3.8, 4) is 5.88 Å². The Morgan fingerprint density at radius 3 is 2.54 bits per heavy atom. The summed E-state index contributed by atoms with van der Waals surface area (Å²) in [5, 5.41) is 0. The van der Waals surface area contributed by atoms with Crippen LogP contribution in [0.5, 0.6) is 5.88 Å². The van der Waals surface area contributed by atoms with Crippen LogP contribution in [0.2, 0.25) is 0 Å². The van der Waals surface area contributed by atoms with Crippen LogP contribution in [-0.4, -0.2) is 34.3 Å². The molecule has 1 saturated heterocycles. The van der Waals surface area contributed by atoms with Crippen LogP contribution in [0.25, 0.3) is 11.0 Å². The Labute approximate surface area is 165 Å². The number of hydrogen-bond acceptors (Lipinski definition) is 4. The summed E-state index contributed by atoms with van der Waals surface area (Å²) < 4.78 is 11.9.